The van der Waals surface area contributed by atoms with Gasteiger partial charge in [-0.25, -0.2) is 4.98 Å². The summed E-state index contributed by atoms with van der Waals surface area (Å²) in [4.78, 5) is 8.80. The highest BCUT2D eigenvalue weighted by Gasteiger charge is 2.18. The minimum atomic E-state index is -0.00105. The fourth-order valence-electron chi connectivity index (χ4n) is 2.39. The van der Waals surface area contributed by atoms with E-state index in [1.54, 1.807) is 25.8 Å². The molecule has 1 atom stereocenters. The summed E-state index contributed by atoms with van der Waals surface area (Å²) in [5.41, 5.74) is 0.835. The van der Waals surface area contributed by atoms with Crippen molar-refractivity contribution >= 4 is 0 Å². The molecule has 3 heterocycles. The van der Waals surface area contributed by atoms with Gasteiger partial charge >= 0.3 is 0 Å². The van der Waals surface area contributed by atoms with Crippen LogP contribution in [0.25, 0.3) is 11.5 Å². The molecule has 0 aromatic carbocycles. The van der Waals surface area contributed by atoms with Crippen LogP contribution in [0.1, 0.15) is 18.8 Å². The highest BCUT2D eigenvalue weighted by Crippen LogP contribution is 2.22. The Hall–Kier alpha value is -2.54. The van der Waals surface area contributed by atoms with Crippen LogP contribution in [0.5, 0.6) is 0 Å². The van der Waals surface area contributed by atoms with Crippen molar-refractivity contribution in [1.82, 2.24) is 29.3 Å². The molecule has 114 valence electrons. The Balaban J connectivity index is 1.92. The van der Waals surface area contributed by atoms with E-state index in [-0.39, 0.29) is 6.04 Å². The van der Waals surface area contributed by atoms with Crippen molar-refractivity contribution in [2.45, 2.75) is 19.5 Å². The third-order valence-corrected chi connectivity index (χ3v) is 3.54. The number of nitrogens with zero attached hydrogens (tertiary/aromatic N) is 6. The second kappa shape index (κ2) is 6.48. The van der Waals surface area contributed by atoms with E-state index < -0.39 is 0 Å². The van der Waals surface area contributed by atoms with Gasteiger partial charge in [0.2, 0.25) is 0 Å². The second-order valence-electron chi connectivity index (χ2n) is 4.92. The fraction of sp³-hybridized carbons (Fsp3) is 0.333. The molecule has 0 N–H and O–H groups in total. The molecule has 0 spiro atoms. The van der Waals surface area contributed by atoms with Crippen LogP contribution >= 0.6 is 0 Å². The third kappa shape index (κ3) is 2.75. The minimum Gasteiger partial charge on any atom is -0.383 e. The molecule has 0 aliphatic carbocycles. The Morgan fingerprint density at radius 1 is 1.23 bits per heavy atom. The summed E-state index contributed by atoms with van der Waals surface area (Å²) in [7, 11) is 1.68. The summed E-state index contributed by atoms with van der Waals surface area (Å²) in [6, 6.07) is 5.79. The van der Waals surface area contributed by atoms with Crippen LogP contribution in [0.2, 0.25) is 0 Å². The highest BCUT2D eigenvalue weighted by molar-refractivity contribution is 5.49. The minimum absolute atomic E-state index is 0.00105. The molecule has 0 fully saturated rings. The highest BCUT2D eigenvalue weighted by atomic mass is 16.5. The van der Waals surface area contributed by atoms with Gasteiger partial charge in [0.15, 0.2) is 11.6 Å². The van der Waals surface area contributed by atoms with Gasteiger partial charge in [0.25, 0.3) is 0 Å². The summed E-state index contributed by atoms with van der Waals surface area (Å²) in [6.07, 6.45) is 7.20. The van der Waals surface area contributed by atoms with Crippen LogP contribution in [0, 0.1) is 0 Å². The van der Waals surface area contributed by atoms with Gasteiger partial charge in [-0.3, -0.25) is 4.98 Å². The maximum Gasteiger partial charge on any atom is 0.159 e. The van der Waals surface area contributed by atoms with Gasteiger partial charge in [0.05, 0.1) is 12.6 Å². The molecule has 3 rings (SSSR count). The summed E-state index contributed by atoms with van der Waals surface area (Å²) >= 11 is 0. The number of rotatable bonds is 6. The van der Waals surface area contributed by atoms with Crippen LogP contribution in [-0.2, 0) is 11.3 Å². The fourth-order valence-corrected chi connectivity index (χ4v) is 2.39. The maximum atomic E-state index is 5.13. The van der Waals surface area contributed by atoms with Gasteiger partial charge in [-0.05, 0) is 19.1 Å². The Morgan fingerprint density at radius 3 is 2.91 bits per heavy atom. The molecule has 3 aromatic rings. The summed E-state index contributed by atoms with van der Waals surface area (Å²) in [6.45, 7) is 3.41. The topological polar surface area (TPSA) is 70.7 Å². The monoisotopic (exact) mass is 298 g/mol. The molecule has 0 bridgehead atoms. The van der Waals surface area contributed by atoms with E-state index in [1.165, 1.54) is 0 Å². The Bertz CT molecular complexity index is 720. The Kier molecular flexibility index (Phi) is 4.24. The normalized spacial score (nSPS) is 12.5. The van der Waals surface area contributed by atoms with Crippen molar-refractivity contribution in [2.75, 3.05) is 13.7 Å². The molecule has 7 heteroatoms. The zero-order valence-electron chi connectivity index (χ0n) is 12.6. The number of hydrogen-bond donors (Lipinski definition) is 0. The second-order valence-corrected chi connectivity index (χ2v) is 4.92. The Labute approximate surface area is 128 Å². The van der Waals surface area contributed by atoms with Gasteiger partial charge in [0, 0.05) is 32.2 Å². The predicted octanol–water partition coefficient (Wildman–Crippen LogP) is 1.79. The number of ether oxygens (including phenoxy) is 1. The molecule has 0 saturated carbocycles. The number of hydrogen-bond acceptors (Lipinski definition) is 5. The van der Waals surface area contributed by atoms with E-state index >= 15 is 0 Å². The number of methoxy groups -OCH3 is 1. The van der Waals surface area contributed by atoms with E-state index in [4.69, 9.17) is 4.74 Å². The van der Waals surface area contributed by atoms with E-state index in [0.717, 1.165) is 23.9 Å². The molecule has 0 aliphatic heterocycles. The lowest BCUT2D eigenvalue weighted by molar-refractivity contribution is 0.185. The predicted molar refractivity (Wildman–Crippen MR) is 81.2 cm³/mol. The van der Waals surface area contributed by atoms with Crippen LogP contribution in [0.4, 0.5) is 0 Å². The van der Waals surface area contributed by atoms with Crippen LogP contribution in [-0.4, -0.2) is 43.0 Å². The van der Waals surface area contributed by atoms with Crippen molar-refractivity contribution in [1.29, 1.82) is 0 Å². The Morgan fingerprint density at radius 2 is 2.14 bits per heavy atom. The first-order chi connectivity index (χ1) is 10.8. The van der Waals surface area contributed by atoms with Crippen molar-refractivity contribution in [3.05, 3.63) is 48.9 Å². The molecule has 1 unspecified atom stereocenters. The van der Waals surface area contributed by atoms with Crippen molar-refractivity contribution in [3.63, 3.8) is 0 Å². The van der Waals surface area contributed by atoms with Crippen LogP contribution < -0.4 is 0 Å². The number of aromatic nitrogens is 6. The number of imidazole rings is 1. The SMILES string of the molecule is COCCn1cnnc1C(C)n1ccnc1-c1ccccn1. The number of pyridine rings is 1. The largest absolute Gasteiger partial charge is 0.383 e. The average Bonchev–Trinajstić information content (AvgIpc) is 3.22. The van der Waals surface area contributed by atoms with Crippen molar-refractivity contribution in [3.8, 4) is 11.5 Å². The van der Waals surface area contributed by atoms with Crippen LogP contribution in [0.3, 0.4) is 0 Å². The average molecular weight is 298 g/mol. The van der Waals surface area contributed by atoms with Crippen molar-refractivity contribution < 1.29 is 4.74 Å². The lowest BCUT2D eigenvalue weighted by Gasteiger charge is -2.16. The van der Waals surface area contributed by atoms with Crippen molar-refractivity contribution in [2.24, 2.45) is 0 Å². The first-order valence-corrected chi connectivity index (χ1v) is 7.12. The summed E-state index contributed by atoms with van der Waals surface area (Å²) in [5, 5.41) is 8.26. The van der Waals surface area contributed by atoms with E-state index in [1.807, 2.05) is 29.0 Å². The smallest absolute Gasteiger partial charge is 0.159 e. The van der Waals surface area contributed by atoms with E-state index in [9.17, 15) is 0 Å². The molecule has 3 aromatic heterocycles. The third-order valence-electron chi connectivity index (χ3n) is 3.54. The summed E-state index contributed by atoms with van der Waals surface area (Å²) < 4.78 is 9.18. The molecule has 22 heavy (non-hydrogen) atoms. The lowest BCUT2D eigenvalue weighted by Crippen LogP contribution is -2.16. The zero-order valence-corrected chi connectivity index (χ0v) is 12.6. The quantitative estimate of drug-likeness (QED) is 0.694. The first-order valence-electron chi connectivity index (χ1n) is 7.12. The molecule has 0 amide bonds. The lowest BCUT2D eigenvalue weighted by atomic mass is 10.2. The van der Waals surface area contributed by atoms with E-state index in [0.29, 0.717) is 6.61 Å². The molecular weight excluding hydrogens is 280 g/mol. The standard InChI is InChI=1S/C15H18N6O/c1-12(14-19-18-11-20(14)9-10-22-2)21-8-7-17-15(21)13-5-3-4-6-16-13/h3-8,11-12H,9-10H2,1-2H3. The van der Waals surface area contributed by atoms with E-state index in [2.05, 4.69) is 31.7 Å². The molecule has 7 nitrogen and oxygen atoms in total. The van der Waals surface area contributed by atoms with Gasteiger partial charge in [-0.2, -0.15) is 0 Å². The maximum absolute atomic E-state index is 5.13. The van der Waals surface area contributed by atoms with Gasteiger partial charge in [-0.1, -0.05) is 6.07 Å². The first kappa shape index (κ1) is 14.4. The van der Waals surface area contributed by atoms with Crippen LogP contribution in [0.15, 0.2) is 43.1 Å². The molecule has 0 aliphatic rings. The van der Waals surface area contributed by atoms with Gasteiger partial charge in [-0.15, -0.1) is 10.2 Å². The molecule has 0 radical (unpaired) electrons. The molecule has 0 saturated heterocycles. The molecular formula is C15H18N6O. The van der Waals surface area contributed by atoms with Gasteiger partial charge in [0.1, 0.15) is 12.0 Å². The van der Waals surface area contributed by atoms with Gasteiger partial charge < -0.3 is 13.9 Å². The zero-order chi connectivity index (χ0) is 15.4. The summed E-state index contributed by atoms with van der Waals surface area (Å²) in [5.74, 6) is 1.68.